The van der Waals surface area contributed by atoms with E-state index in [-0.39, 0.29) is 0 Å². The second-order valence-electron chi connectivity index (χ2n) is 12.9. The summed E-state index contributed by atoms with van der Waals surface area (Å²) in [5.41, 5.74) is 12.2. The molecule has 3 heterocycles. The largest absolute Gasteiger partial charge is 0.310 e. The van der Waals surface area contributed by atoms with E-state index in [2.05, 4.69) is 202 Å². The summed E-state index contributed by atoms with van der Waals surface area (Å²) < 4.78 is 4.71. The van der Waals surface area contributed by atoms with Gasteiger partial charge in [-0.25, -0.2) is 0 Å². The van der Waals surface area contributed by atoms with Gasteiger partial charge in [0.1, 0.15) is 0 Å². The van der Waals surface area contributed by atoms with Crippen molar-refractivity contribution in [1.82, 2.24) is 14.1 Å². The van der Waals surface area contributed by atoms with Crippen LogP contribution in [0.2, 0.25) is 0 Å². The molecule has 0 saturated carbocycles. The third-order valence-electron chi connectivity index (χ3n) is 9.92. The molecule has 3 aromatic heterocycles. The average molecular weight is 653 g/mol. The highest BCUT2D eigenvalue weighted by atomic mass is 15.1. The van der Waals surface area contributed by atoms with E-state index in [1.54, 1.807) is 0 Å². The summed E-state index contributed by atoms with van der Waals surface area (Å²) in [4.78, 5) is 7.48. The normalized spacial score (nSPS) is 11.5. The first-order chi connectivity index (χ1) is 25.3. The molecule has 0 bridgehead atoms. The molecule has 0 amide bonds. The maximum Gasteiger partial charge on any atom is 0.0724 e. The van der Waals surface area contributed by atoms with Gasteiger partial charge in [-0.3, -0.25) is 4.98 Å². The Balaban J connectivity index is 1.18. The lowest BCUT2D eigenvalue weighted by Gasteiger charge is -2.26. The average Bonchev–Trinajstić information content (AvgIpc) is 3.72. The molecule has 4 nitrogen and oxygen atoms in total. The molecular weight excluding hydrogens is 621 g/mol. The van der Waals surface area contributed by atoms with Crippen molar-refractivity contribution >= 4 is 60.7 Å². The number of para-hydroxylation sites is 5. The molecular formula is C47H32N4. The maximum absolute atomic E-state index is 5.17. The van der Waals surface area contributed by atoms with E-state index < -0.39 is 0 Å². The Bertz CT molecular complexity index is 2810. The lowest BCUT2D eigenvalue weighted by molar-refractivity contribution is 1.17. The monoisotopic (exact) mass is 652 g/mol. The molecule has 0 N–H and O–H groups in total. The van der Waals surface area contributed by atoms with Crippen LogP contribution in [0.25, 0.3) is 66.2 Å². The van der Waals surface area contributed by atoms with Crippen LogP contribution in [0.4, 0.5) is 17.1 Å². The molecule has 0 aliphatic heterocycles. The fraction of sp³-hybridized carbons (Fsp3) is 0. The van der Waals surface area contributed by atoms with Crippen molar-refractivity contribution in [3.05, 3.63) is 194 Å². The van der Waals surface area contributed by atoms with Gasteiger partial charge in [-0.1, -0.05) is 109 Å². The summed E-state index contributed by atoms with van der Waals surface area (Å²) in [7, 11) is 0. The van der Waals surface area contributed by atoms with Crippen LogP contribution >= 0.6 is 0 Å². The molecule has 0 aliphatic carbocycles. The molecule has 0 atom stereocenters. The van der Waals surface area contributed by atoms with E-state index in [1.807, 2.05) is 6.20 Å². The van der Waals surface area contributed by atoms with Crippen molar-refractivity contribution in [2.24, 2.45) is 0 Å². The van der Waals surface area contributed by atoms with Crippen LogP contribution in [0.5, 0.6) is 0 Å². The van der Waals surface area contributed by atoms with E-state index >= 15 is 0 Å². The molecule has 0 fully saturated rings. The molecule has 10 aromatic rings. The highest BCUT2D eigenvalue weighted by Gasteiger charge is 2.20. The second kappa shape index (κ2) is 11.9. The Labute approximate surface area is 295 Å². The van der Waals surface area contributed by atoms with E-state index in [1.165, 1.54) is 27.1 Å². The minimum absolute atomic E-state index is 0.958. The molecule has 10 rings (SSSR count). The first-order valence-corrected chi connectivity index (χ1v) is 17.3. The van der Waals surface area contributed by atoms with Crippen LogP contribution in [-0.4, -0.2) is 14.1 Å². The van der Waals surface area contributed by atoms with Gasteiger partial charge in [0.15, 0.2) is 0 Å². The zero-order chi connectivity index (χ0) is 33.7. The van der Waals surface area contributed by atoms with Crippen LogP contribution in [0.15, 0.2) is 194 Å². The van der Waals surface area contributed by atoms with E-state index in [4.69, 9.17) is 4.98 Å². The molecule has 0 radical (unpaired) electrons. The minimum Gasteiger partial charge on any atom is -0.310 e. The van der Waals surface area contributed by atoms with Gasteiger partial charge in [-0.15, -0.1) is 0 Å². The number of benzene rings is 7. The van der Waals surface area contributed by atoms with Gasteiger partial charge in [0.25, 0.3) is 0 Å². The van der Waals surface area contributed by atoms with Gasteiger partial charge < -0.3 is 14.0 Å². The van der Waals surface area contributed by atoms with Crippen molar-refractivity contribution in [1.29, 1.82) is 0 Å². The van der Waals surface area contributed by atoms with Crippen LogP contribution in [0.3, 0.4) is 0 Å². The summed E-state index contributed by atoms with van der Waals surface area (Å²) in [5, 5.41) is 4.80. The van der Waals surface area contributed by atoms with Crippen LogP contribution < -0.4 is 4.90 Å². The first kappa shape index (κ1) is 29.0. The third kappa shape index (κ3) is 4.72. The molecule has 7 aromatic carbocycles. The van der Waals surface area contributed by atoms with Gasteiger partial charge >= 0.3 is 0 Å². The van der Waals surface area contributed by atoms with Gasteiger partial charge in [0.2, 0.25) is 0 Å². The number of pyridine rings is 1. The summed E-state index contributed by atoms with van der Waals surface area (Å²) in [6.45, 7) is 0. The molecule has 0 saturated heterocycles. The van der Waals surface area contributed by atoms with Crippen molar-refractivity contribution in [3.63, 3.8) is 0 Å². The van der Waals surface area contributed by atoms with Gasteiger partial charge in [-0.05, 0) is 78.9 Å². The predicted octanol–water partition coefficient (Wildman–Crippen LogP) is 12.4. The van der Waals surface area contributed by atoms with Crippen LogP contribution in [0, 0.1) is 0 Å². The fourth-order valence-corrected chi connectivity index (χ4v) is 7.75. The fourth-order valence-electron chi connectivity index (χ4n) is 7.75. The maximum atomic E-state index is 5.17. The lowest BCUT2D eigenvalue weighted by atomic mass is 10.0. The van der Waals surface area contributed by atoms with Gasteiger partial charge in [-0.2, -0.15) is 0 Å². The van der Waals surface area contributed by atoms with Crippen LogP contribution in [0.1, 0.15) is 0 Å². The van der Waals surface area contributed by atoms with E-state index in [9.17, 15) is 0 Å². The number of hydrogen-bond donors (Lipinski definition) is 0. The lowest BCUT2D eigenvalue weighted by Crippen LogP contribution is -2.10. The zero-order valence-corrected chi connectivity index (χ0v) is 27.8. The van der Waals surface area contributed by atoms with E-state index in [0.717, 1.165) is 56.2 Å². The van der Waals surface area contributed by atoms with Gasteiger partial charge in [0, 0.05) is 55.5 Å². The Hall–Kier alpha value is -6.91. The molecule has 240 valence electrons. The summed E-state index contributed by atoms with van der Waals surface area (Å²) in [6, 6.07) is 66.8. The Kier molecular flexibility index (Phi) is 6.78. The number of nitrogens with zero attached hydrogens (tertiary/aromatic N) is 4. The third-order valence-corrected chi connectivity index (χ3v) is 9.92. The van der Waals surface area contributed by atoms with Crippen molar-refractivity contribution in [2.75, 3.05) is 4.90 Å². The second-order valence-corrected chi connectivity index (χ2v) is 12.9. The quantitative estimate of drug-likeness (QED) is 0.179. The SMILES string of the molecule is c1ccc(N(c2ccccc2)c2cccc(-n3c4ccccc4c4c(-c5cc6c7ccccc7n(-c7ccccc7)c6cn5)cccc43)c2)cc1. The number of anilines is 3. The zero-order valence-electron chi connectivity index (χ0n) is 27.8. The molecule has 0 spiro atoms. The predicted molar refractivity (Wildman–Crippen MR) is 213 cm³/mol. The Morgan fingerprint density at radius 1 is 0.373 bits per heavy atom. The number of hydrogen-bond acceptors (Lipinski definition) is 2. The molecule has 51 heavy (non-hydrogen) atoms. The number of rotatable bonds is 6. The first-order valence-electron chi connectivity index (χ1n) is 17.3. The topological polar surface area (TPSA) is 26.0 Å². The van der Waals surface area contributed by atoms with Crippen molar-refractivity contribution in [2.45, 2.75) is 0 Å². The summed E-state index contributed by atoms with van der Waals surface area (Å²) in [5.74, 6) is 0. The smallest absolute Gasteiger partial charge is 0.0724 e. The molecule has 4 heteroatoms. The molecule has 0 aliphatic rings. The minimum atomic E-state index is 0.958. The summed E-state index contributed by atoms with van der Waals surface area (Å²) in [6.07, 6.45) is 2.04. The highest BCUT2D eigenvalue weighted by molar-refractivity contribution is 6.17. The van der Waals surface area contributed by atoms with Gasteiger partial charge in [0.05, 0.1) is 34.0 Å². The standard InChI is InChI=1S/C47H32N4/c1-4-16-33(17-5-1)49(34-18-6-2-7-19-34)36-22-14-23-37(30-36)51-44-28-13-11-25-40(44)47-39(26-15-29-45(47)51)42-31-41-38-24-10-12-27-43(38)50(46(41)32-48-42)35-20-8-3-9-21-35/h1-32H. The number of fused-ring (bicyclic) bond motifs is 6. The van der Waals surface area contributed by atoms with Crippen LogP contribution in [-0.2, 0) is 0 Å². The van der Waals surface area contributed by atoms with Crippen molar-refractivity contribution < 1.29 is 0 Å². The van der Waals surface area contributed by atoms with Crippen molar-refractivity contribution in [3.8, 4) is 22.6 Å². The highest BCUT2D eigenvalue weighted by Crippen LogP contribution is 2.41. The molecule has 0 unspecified atom stereocenters. The summed E-state index contributed by atoms with van der Waals surface area (Å²) >= 11 is 0. The Morgan fingerprint density at radius 3 is 1.63 bits per heavy atom. The number of aromatic nitrogens is 3. The Morgan fingerprint density at radius 2 is 0.902 bits per heavy atom. The van der Waals surface area contributed by atoms with E-state index in [0.29, 0.717) is 0 Å².